The van der Waals surface area contributed by atoms with Gasteiger partial charge in [0.2, 0.25) is 0 Å². The van der Waals surface area contributed by atoms with Crippen molar-refractivity contribution < 1.29 is 0 Å². The predicted octanol–water partition coefficient (Wildman–Crippen LogP) is 3.34. The Bertz CT molecular complexity index is 153. The van der Waals surface area contributed by atoms with Crippen LogP contribution in [0.3, 0.4) is 0 Å². The van der Waals surface area contributed by atoms with Crippen LogP contribution >= 0.6 is 0 Å². The molecule has 1 heteroatoms. The molecule has 0 saturated heterocycles. The molecule has 0 radical (unpaired) electrons. The molecular formula is C13H25N. The Balaban J connectivity index is 1.59. The van der Waals surface area contributed by atoms with Gasteiger partial charge in [-0.1, -0.05) is 32.6 Å². The van der Waals surface area contributed by atoms with E-state index in [1.54, 1.807) is 0 Å². The zero-order valence-electron chi connectivity index (χ0n) is 9.60. The van der Waals surface area contributed by atoms with E-state index >= 15 is 0 Å². The smallest absolute Gasteiger partial charge is 0.00671 e. The zero-order valence-corrected chi connectivity index (χ0v) is 9.60. The van der Waals surface area contributed by atoms with Crippen molar-refractivity contribution >= 4 is 0 Å². The molecule has 0 aliphatic heterocycles. The third kappa shape index (κ3) is 2.98. The molecule has 0 amide bonds. The van der Waals surface area contributed by atoms with E-state index in [2.05, 4.69) is 12.2 Å². The third-order valence-electron chi connectivity index (χ3n) is 4.02. The van der Waals surface area contributed by atoms with Crippen molar-refractivity contribution in [3.05, 3.63) is 0 Å². The SMILES string of the molecule is CC1CC(CNC2CCCCCC2)C1. The molecule has 0 aromatic rings. The summed E-state index contributed by atoms with van der Waals surface area (Å²) in [5.41, 5.74) is 0. The summed E-state index contributed by atoms with van der Waals surface area (Å²) in [6.07, 6.45) is 11.7. The molecule has 0 atom stereocenters. The molecule has 0 bridgehead atoms. The summed E-state index contributed by atoms with van der Waals surface area (Å²) >= 11 is 0. The molecule has 2 rings (SSSR count). The molecule has 2 saturated carbocycles. The molecule has 1 N–H and O–H groups in total. The fourth-order valence-electron chi connectivity index (χ4n) is 3.05. The molecule has 0 spiro atoms. The topological polar surface area (TPSA) is 12.0 Å². The van der Waals surface area contributed by atoms with Crippen LogP contribution in [0.1, 0.15) is 58.3 Å². The average molecular weight is 195 g/mol. The standard InChI is InChI=1S/C13H25N/c1-11-8-12(9-11)10-14-13-6-4-2-3-5-7-13/h11-14H,2-10H2,1H3. The van der Waals surface area contributed by atoms with Gasteiger partial charge in [-0.3, -0.25) is 0 Å². The van der Waals surface area contributed by atoms with Crippen LogP contribution in [-0.2, 0) is 0 Å². The molecule has 2 aliphatic carbocycles. The first-order valence-electron chi connectivity index (χ1n) is 6.58. The van der Waals surface area contributed by atoms with Crippen molar-refractivity contribution in [2.75, 3.05) is 6.54 Å². The molecule has 2 fully saturated rings. The highest BCUT2D eigenvalue weighted by Gasteiger charge is 2.25. The van der Waals surface area contributed by atoms with E-state index in [1.165, 1.54) is 57.9 Å². The maximum Gasteiger partial charge on any atom is 0.00671 e. The first kappa shape index (κ1) is 10.5. The summed E-state index contributed by atoms with van der Waals surface area (Å²) in [4.78, 5) is 0. The van der Waals surface area contributed by atoms with Gasteiger partial charge in [-0.25, -0.2) is 0 Å². The van der Waals surface area contributed by atoms with Crippen molar-refractivity contribution in [1.82, 2.24) is 5.32 Å². The molecular weight excluding hydrogens is 170 g/mol. The molecule has 14 heavy (non-hydrogen) atoms. The van der Waals surface area contributed by atoms with E-state index in [0.717, 1.165) is 17.9 Å². The number of hydrogen-bond donors (Lipinski definition) is 1. The lowest BCUT2D eigenvalue weighted by Crippen LogP contribution is -2.37. The highest BCUT2D eigenvalue weighted by atomic mass is 14.9. The Morgan fingerprint density at radius 1 is 1.00 bits per heavy atom. The summed E-state index contributed by atoms with van der Waals surface area (Å²) in [5.74, 6) is 2.02. The minimum Gasteiger partial charge on any atom is -0.314 e. The normalized spacial score (nSPS) is 34.9. The lowest BCUT2D eigenvalue weighted by atomic mass is 9.76. The van der Waals surface area contributed by atoms with Crippen molar-refractivity contribution in [2.24, 2.45) is 11.8 Å². The van der Waals surface area contributed by atoms with Gasteiger partial charge in [0, 0.05) is 6.04 Å². The van der Waals surface area contributed by atoms with E-state index in [-0.39, 0.29) is 0 Å². The molecule has 1 nitrogen and oxygen atoms in total. The van der Waals surface area contributed by atoms with Crippen LogP contribution in [0.4, 0.5) is 0 Å². The fourth-order valence-corrected chi connectivity index (χ4v) is 3.05. The van der Waals surface area contributed by atoms with Crippen LogP contribution in [0.25, 0.3) is 0 Å². The number of nitrogens with one attached hydrogen (secondary N) is 1. The van der Waals surface area contributed by atoms with E-state index < -0.39 is 0 Å². The molecule has 82 valence electrons. The Morgan fingerprint density at radius 3 is 2.21 bits per heavy atom. The van der Waals surface area contributed by atoms with Crippen molar-refractivity contribution in [2.45, 2.75) is 64.3 Å². The maximum absolute atomic E-state index is 3.78. The van der Waals surface area contributed by atoms with Crippen molar-refractivity contribution in [3.8, 4) is 0 Å². The monoisotopic (exact) mass is 195 g/mol. The lowest BCUT2D eigenvalue weighted by molar-refractivity contribution is 0.198. The van der Waals surface area contributed by atoms with Crippen molar-refractivity contribution in [3.63, 3.8) is 0 Å². The van der Waals surface area contributed by atoms with E-state index in [0.29, 0.717) is 0 Å². The summed E-state index contributed by atoms with van der Waals surface area (Å²) in [5, 5.41) is 3.78. The quantitative estimate of drug-likeness (QED) is 0.681. The first-order valence-corrected chi connectivity index (χ1v) is 6.58. The minimum atomic E-state index is 0.855. The van der Waals surface area contributed by atoms with Gasteiger partial charge in [0.1, 0.15) is 0 Å². The van der Waals surface area contributed by atoms with Gasteiger partial charge in [-0.2, -0.15) is 0 Å². The van der Waals surface area contributed by atoms with Gasteiger partial charge < -0.3 is 5.32 Å². The van der Waals surface area contributed by atoms with Crippen LogP contribution in [0.2, 0.25) is 0 Å². The Labute approximate surface area is 88.7 Å². The highest BCUT2D eigenvalue weighted by molar-refractivity contribution is 4.80. The van der Waals surface area contributed by atoms with Crippen LogP contribution in [0, 0.1) is 11.8 Å². The summed E-state index contributed by atoms with van der Waals surface area (Å²) < 4.78 is 0. The van der Waals surface area contributed by atoms with Gasteiger partial charge in [-0.05, 0) is 44.1 Å². The van der Waals surface area contributed by atoms with Gasteiger partial charge in [0.15, 0.2) is 0 Å². The second-order valence-electron chi connectivity index (χ2n) is 5.54. The van der Waals surface area contributed by atoms with E-state index in [9.17, 15) is 0 Å². The second-order valence-corrected chi connectivity index (χ2v) is 5.54. The van der Waals surface area contributed by atoms with E-state index in [4.69, 9.17) is 0 Å². The highest BCUT2D eigenvalue weighted by Crippen LogP contribution is 2.32. The van der Waals surface area contributed by atoms with Crippen LogP contribution < -0.4 is 5.32 Å². The number of rotatable bonds is 3. The third-order valence-corrected chi connectivity index (χ3v) is 4.02. The molecule has 0 unspecified atom stereocenters. The van der Waals surface area contributed by atoms with E-state index in [1.807, 2.05) is 0 Å². The molecule has 2 aliphatic rings. The fraction of sp³-hybridized carbons (Fsp3) is 1.00. The Kier molecular flexibility index (Phi) is 3.86. The van der Waals surface area contributed by atoms with Gasteiger partial charge in [-0.15, -0.1) is 0 Å². The minimum absolute atomic E-state index is 0.855. The predicted molar refractivity (Wildman–Crippen MR) is 61.4 cm³/mol. The van der Waals surface area contributed by atoms with Gasteiger partial charge in [0.05, 0.1) is 0 Å². The van der Waals surface area contributed by atoms with Gasteiger partial charge in [0.25, 0.3) is 0 Å². The lowest BCUT2D eigenvalue weighted by Gasteiger charge is -2.34. The Hall–Kier alpha value is -0.0400. The van der Waals surface area contributed by atoms with Crippen LogP contribution in [0.5, 0.6) is 0 Å². The zero-order chi connectivity index (χ0) is 9.80. The van der Waals surface area contributed by atoms with Gasteiger partial charge >= 0.3 is 0 Å². The first-order chi connectivity index (χ1) is 6.84. The molecule has 0 aromatic heterocycles. The summed E-state index contributed by atoms with van der Waals surface area (Å²) in [6, 6.07) is 0.855. The second kappa shape index (κ2) is 5.16. The van der Waals surface area contributed by atoms with Crippen molar-refractivity contribution in [1.29, 1.82) is 0 Å². The largest absolute Gasteiger partial charge is 0.314 e. The summed E-state index contributed by atoms with van der Waals surface area (Å²) in [6.45, 7) is 3.68. The molecule has 0 aromatic carbocycles. The number of hydrogen-bond acceptors (Lipinski definition) is 1. The molecule has 0 heterocycles. The van der Waals surface area contributed by atoms with Crippen LogP contribution in [0.15, 0.2) is 0 Å². The summed E-state index contributed by atoms with van der Waals surface area (Å²) in [7, 11) is 0. The Morgan fingerprint density at radius 2 is 1.64 bits per heavy atom. The van der Waals surface area contributed by atoms with Crippen LogP contribution in [-0.4, -0.2) is 12.6 Å². The average Bonchev–Trinajstić information content (AvgIpc) is 2.38. The maximum atomic E-state index is 3.78.